The van der Waals surface area contributed by atoms with Crippen molar-refractivity contribution in [1.82, 2.24) is 4.90 Å². The average Bonchev–Trinajstić information content (AvgIpc) is 2.47. The third-order valence-electron chi connectivity index (χ3n) is 3.69. The molecule has 7 nitrogen and oxygen atoms in total. The van der Waals surface area contributed by atoms with Crippen LogP contribution in [0.1, 0.15) is 23.2 Å². The van der Waals surface area contributed by atoms with Crippen LogP contribution >= 0.6 is 0 Å². The summed E-state index contributed by atoms with van der Waals surface area (Å²) in [6, 6.07) is 3.95. The number of nitro groups is 1. The number of rotatable bonds is 4. The van der Waals surface area contributed by atoms with E-state index in [0.717, 1.165) is 12.8 Å². The number of nitrogens with two attached hydrogens (primary N) is 1. The Kier molecular flexibility index (Phi) is 4.74. The molecule has 0 saturated carbocycles. The SMILES string of the molecule is COCC1CCCN(C(=O)c2cc([N+](=O)[O-])ccc2N)C1. The number of ether oxygens (including phenoxy) is 1. The van der Waals surface area contributed by atoms with Crippen molar-refractivity contribution in [3.8, 4) is 0 Å². The zero-order chi connectivity index (χ0) is 15.4. The number of benzene rings is 1. The highest BCUT2D eigenvalue weighted by Gasteiger charge is 2.26. The van der Waals surface area contributed by atoms with Gasteiger partial charge in [0.2, 0.25) is 0 Å². The molecule has 0 aromatic heterocycles. The molecular formula is C14H19N3O4. The normalized spacial score (nSPS) is 18.5. The third kappa shape index (κ3) is 3.49. The van der Waals surface area contributed by atoms with Gasteiger partial charge in [-0.15, -0.1) is 0 Å². The topological polar surface area (TPSA) is 98.7 Å². The Balaban J connectivity index is 2.19. The van der Waals surface area contributed by atoms with E-state index in [1.807, 2.05) is 0 Å². The number of methoxy groups -OCH3 is 1. The number of likely N-dealkylation sites (tertiary alicyclic amines) is 1. The van der Waals surface area contributed by atoms with Gasteiger partial charge in [-0.3, -0.25) is 14.9 Å². The number of hydrogen-bond donors (Lipinski definition) is 1. The molecule has 21 heavy (non-hydrogen) atoms. The third-order valence-corrected chi connectivity index (χ3v) is 3.69. The number of hydrogen-bond acceptors (Lipinski definition) is 5. The predicted molar refractivity (Wildman–Crippen MR) is 78.0 cm³/mol. The fourth-order valence-electron chi connectivity index (χ4n) is 2.63. The highest BCUT2D eigenvalue weighted by molar-refractivity contribution is 5.99. The van der Waals surface area contributed by atoms with E-state index in [0.29, 0.717) is 25.6 Å². The van der Waals surface area contributed by atoms with Crippen molar-refractivity contribution in [3.63, 3.8) is 0 Å². The smallest absolute Gasteiger partial charge is 0.270 e. The van der Waals surface area contributed by atoms with Crippen LogP contribution in [0, 0.1) is 16.0 Å². The van der Waals surface area contributed by atoms with Gasteiger partial charge in [0, 0.05) is 38.0 Å². The first-order valence-electron chi connectivity index (χ1n) is 6.85. The number of anilines is 1. The van der Waals surface area contributed by atoms with Crippen molar-refractivity contribution in [2.24, 2.45) is 5.92 Å². The Labute approximate surface area is 122 Å². The van der Waals surface area contributed by atoms with Gasteiger partial charge in [-0.25, -0.2) is 0 Å². The predicted octanol–water partition coefficient (Wildman–Crippen LogP) is 1.68. The number of non-ortho nitro benzene ring substituents is 1. The van der Waals surface area contributed by atoms with E-state index in [2.05, 4.69) is 0 Å². The maximum absolute atomic E-state index is 12.5. The van der Waals surface area contributed by atoms with E-state index >= 15 is 0 Å². The van der Waals surface area contributed by atoms with Gasteiger partial charge < -0.3 is 15.4 Å². The molecule has 0 radical (unpaired) electrons. The molecule has 7 heteroatoms. The molecule has 2 rings (SSSR count). The molecule has 1 aliphatic rings. The molecular weight excluding hydrogens is 274 g/mol. The Morgan fingerprint density at radius 3 is 3.00 bits per heavy atom. The van der Waals surface area contributed by atoms with Crippen LogP contribution in [-0.2, 0) is 4.74 Å². The highest BCUT2D eigenvalue weighted by atomic mass is 16.6. The fourth-order valence-corrected chi connectivity index (χ4v) is 2.63. The molecule has 0 spiro atoms. The van der Waals surface area contributed by atoms with Crippen LogP contribution in [-0.4, -0.2) is 42.5 Å². The number of carbonyl (C=O) groups excluding carboxylic acids is 1. The molecule has 1 atom stereocenters. The summed E-state index contributed by atoms with van der Waals surface area (Å²) >= 11 is 0. The van der Waals surface area contributed by atoms with Crippen molar-refractivity contribution < 1.29 is 14.5 Å². The average molecular weight is 293 g/mol. The number of nitrogen functional groups attached to an aromatic ring is 1. The number of nitro benzene ring substituents is 1. The summed E-state index contributed by atoms with van der Waals surface area (Å²) in [4.78, 5) is 24.5. The summed E-state index contributed by atoms with van der Waals surface area (Å²) < 4.78 is 5.14. The lowest BCUT2D eigenvalue weighted by Gasteiger charge is -2.32. The molecule has 1 aliphatic heterocycles. The van der Waals surface area contributed by atoms with Gasteiger partial charge in [0.1, 0.15) is 0 Å². The lowest BCUT2D eigenvalue weighted by atomic mass is 9.98. The van der Waals surface area contributed by atoms with E-state index < -0.39 is 4.92 Å². The van der Waals surface area contributed by atoms with Crippen LogP contribution in [0.4, 0.5) is 11.4 Å². The molecule has 114 valence electrons. The molecule has 1 fully saturated rings. The van der Waals surface area contributed by atoms with Crippen LogP contribution in [0.15, 0.2) is 18.2 Å². The van der Waals surface area contributed by atoms with Crippen LogP contribution in [0.3, 0.4) is 0 Å². The summed E-state index contributed by atoms with van der Waals surface area (Å²) in [6.45, 7) is 1.84. The zero-order valence-corrected chi connectivity index (χ0v) is 11.9. The Bertz CT molecular complexity index is 545. The molecule has 2 N–H and O–H groups in total. The Hall–Kier alpha value is -2.15. The van der Waals surface area contributed by atoms with Crippen LogP contribution in [0.5, 0.6) is 0 Å². The highest BCUT2D eigenvalue weighted by Crippen LogP contribution is 2.24. The van der Waals surface area contributed by atoms with Gasteiger partial charge in [-0.05, 0) is 24.8 Å². The number of carbonyl (C=O) groups is 1. The number of piperidine rings is 1. The van der Waals surface area contributed by atoms with Gasteiger partial charge in [0.15, 0.2) is 0 Å². The zero-order valence-electron chi connectivity index (χ0n) is 11.9. The summed E-state index contributed by atoms with van der Waals surface area (Å²) in [5.41, 5.74) is 6.13. The fraction of sp³-hybridized carbons (Fsp3) is 0.500. The van der Waals surface area contributed by atoms with Crippen molar-refractivity contribution in [3.05, 3.63) is 33.9 Å². The first kappa shape index (κ1) is 15.2. The van der Waals surface area contributed by atoms with E-state index in [1.165, 1.54) is 18.2 Å². The van der Waals surface area contributed by atoms with E-state index in [1.54, 1.807) is 12.0 Å². The van der Waals surface area contributed by atoms with Crippen LogP contribution < -0.4 is 5.73 Å². The molecule has 1 amide bonds. The quantitative estimate of drug-likeness (QED) is 0.517. The second-order valence-corrected chi connectivity index (χ2v) is 5.24. The van der Waals surface area contributed by atoms with Gasteiger partial charge in [-0.2, -0.15) is 0 Å². The molecule has 1 aromatic carbocycles. The Morgan fingerprint density at radius 1 is 1.57 bits per heavy atom. The minimum absolute atomic E-state index is 0.127. The molecule has 1 aromatic rings. The number of nitrogens with zero attached hydrogens (tertiary/aromatic N) is 2. The van der Waals surface area contributed by atoms with Crippen molar-refractivity contribution >= 4 is 17.3 Å². The van der Waals surface area contributed by atoms with Crippen molar-refractivity contribution in [2.45, 2.75) is 12.8 Å². The molecule has 1 heterocycles. The van der Waals surface area contributed by atoms with Gasteiger partial charge in [0.25, 0.3) is 11.6 Å². The molecule has 0 aliphatic carbocycles. The summed E-state index contributed by atoms with van der Waals surface area (Å²) in [6.07, 6.45) is 1.91. The van der Waals surface area contributed by atoms with Crippen LogP contribution in [0.25, 0.3) is 0 Å². The summed E-state index contributed by atoms with van der Waals surface area (Å²) in [5.74, 6) is 0.0459. The first-order valence-corrected chi connectivity index (χ1v) is 6.85. The first-order chi connectivity index (χ1) is 10.0. The number of amides is 1. The lowest BCUT2D eigenvalue weighted by Crippen LogP contribution is -2.41. The Morgan fingerprint density at radius 2 is 2.33 bits per heavy atom. The maximum atomic E-state index is 12.5. The second kappa shape index (κ2) is 6.53. The summed E-state index contributed by atoms with van der Waals surface area (Å²) in [5, 5.41) is 10.8. The maximum Gasteiger partial charge on any atom is 0.270 e. The van der Waals surface area contributed by atoms with Gasteiger partial charge in [0.05, 0.1) is 17.1 Å². The van der Waals surface area contributed by atoms with Crippen molar-refractivity contribution in [1.29, 1.82) is 0 Å². The van der Waals surface area contributed by atoms with Gasteiger partial charge >= 0.3 is 0 Å². The molecule has 1 unspecified atom stereocenters. The minimum atomic E-state index is -0.528. The largest absolute Gasteiger partial charge is 0.398 e. The monoisotopic (exact) mass is 293 g/mol. The van der Waals surface area contributed by atoms with E-state index in [9.17, 15) is 14.9 Å². The van der Waals surface area contributed by atoms with Gasteiger partial charge in [-0.1, -0.05) is 0 Å². The van der Waals surface area contributed by atoms with E-state index in [-0.39, 0.29) is 22.8 Å². The van der Waals surface area contributed by atoms with Crippen molar-refractivity contribution in [2.75, 3.05) is 32.5 Å². The molecule has 1 saturated heterocycles. The van der Waals surface area contributed by atoms with E-state index in [4.69, 9.17) is 10.5 Å². The lowest BCUT2D eigenvalue weighted by molar-refractivity contribution is -0.384. The second-order valence-electron chi connectivity index (χ2n) is 5.24. The van der Waals surface area contributed by atoms with Crippen LogP contribution in [0.2, 0.25) is 0 Å². The minimum Gasteiger partial charge on any atom is -0.398 e. The molecule has 0 bridgehead atoms. The summed E-state index contributed by atoms with van der Waals surface area (Å²) in [7, 11) is 1.64. The standard InChI is InChI=1S/C14H19N3O4/c1-21-9-10-3-2-6-16(8-10)14(18)12-7-11(17(19)20)4-5-13(12)15/h4-5,7,10H,2-3,6,8-9,15H2,1H3.